The zero-order valence-corrected chi connectivity index (χ0v) is 8.91. The van der Waals surface area contributed by atoms with E-state index in [4.69, 9.17) is 0 Å². The second-order valence-corrected chi connectivity index (χ2v) is 4.58. The van der Waals surface area contributed by atoms with Crippen LogP contribution in [0.5, 0.6) is 0 Å². The maximum atomic E-state index is 11.1. The first-order valence-corrected chi connectivity index (χ1v) is 4.20. The number of amides is 2. The summed E-state index contributed by atoms with van der Waals surface area (Å²) in [5.74, 6) is 0. The molecule has 0 aromatic rings. The van der Waals surface area contributed by atoms with Crippen LogP contribution in [0.15, 0.2) is 0 Å². The predicted molar refractivity (Wildman–Crippen MR) is 51.1 cm³/mol. The average molecular weight is 172 g/mol. The Morgan fingerprint density at radius 2 is 1.50 bits per heavy atom. The topological polar surface area (TPSA) is 41.1 Å². The number of hydrogen-bond donors (Lipinski definition) is 2. The fourth-order valence-corrected chi connectivity index (χ4v) is 0.534. The molecule has 0 heterocycles. The Kier molecular flexibility index (Phi) is 3.13. The summed E-state index contributed by atoms with van der Waals surface area (Å²) >= 11 is 0. The lowest BCUT2D eigenvalue weighted by Crippen LogP contribution is -2.54. The van der Waals surface area contributed by atoms with E-state index in [9.17, 15) is 4.79 Å². The van der Waals surface area contributed by atoms with Crippen LogP contribution in [0.2, 0.25) is 0 Å². The van der Waals surface area contributed by atoms with E-state index in [1.165, 1.54) is 0 Å². The minimum atomic E-state index is -0.201. The minimum Gasteiger partial charge on any atom is -0.341 e. The molecule has 0 unspecified atom stereocenters. The molecule has 0 rings (SSSR count). The van der Waals surface area contributed by atoms with Crippen LogP contribution < -0.4 is 10.6 Å². The number of urea groups is 1. The summed E-state index contributed by atoms with van der Waals surface area (Å²) in [6, 6.07) is -0.130. The van der Waals surface area contributed by atoms with Gasteiger partial charge in [0.05, 0.1) is 0 Å². The number of carbonyl (C=O) groups is 1. The molecule has 0 aromatic carbocycles. The summed E-state index contributed by atoms with van der Waals surface area (Å²) in [6.45, 7) is 10.3. The molecule has 0 aliphatic rings. The highest BCUT2D eigenvalue weighted by atomic mass is 16.2. The molecule has 0 aliphatic heterocycles. The molecule has 2 N–H and O–H groups in total. The molecule has 12 heavy (non-hydrogen) atoms. The molecule has 0 saturated heterocycles. The van der Waals surface area contributed by atoms with Crippen molar-refractivity contribution in [1.82, 2.24) is 10.6 Å². The number of rotatable bonds is 1. The summed E-state index contributed by atoms with van der Waals surface area (Å²) in [5.41, 5.74) is -0.146. The van der Waals surface area contributed by atoms with Crippen LogP contribution in [0, 0.1) is 5.41 Å². The molecule has 0 spiro atoms. The Morgan fingerprint density at radius 3 is 1.75 bits per heavy atom. The lowest BCUT2D eigenvalue weighted by atomic mass is 9.76. The molecule has 0 atom stereocenters. The first-order valence-electron chi connectivity index (χ1n) is 4.20. The average Bonchev–Trinajstić information content (AvgIpc) is 1.84. The van der Waals surface area contributed by atoms with Gasteiger partial charge in [0.2, 0.25) is 0 Å². The van der Waals surface area contributed by atoms with Crippen molar-refractivity contribution in [3.8, 4) is 0 Å². The quantitative estimate of drug-likeness (QED) is 0.621. The molecule has 0 fully saturated rings. The fraction of sp³-hybridized carbons (Fsp3) is 0.889. The second kappa shape index (κ2) is 3.33. The van der Waals surface area contributed by atoms with Crippen LogP contribution >= 0.6 is 0 Å². The summed E-state index contributed by atoms with van der Waals surface area (Å²) in [6.07, 6.45) is 0. The van der Waals surface area contributed by atoms with Gasteiger partial charge in [0.15, 0.2) is 0 Å². The van der Waals surface area contributed by atoms with Gasteiger partial charge in [0.25, 0.3) is 0 Å². The van der Waals surface area contributed by atoms with Crippen molar-refractivity contribution in [2.45, 2.75) is 40.2 Å². The first kappa shape index (κ1) is 11.3. The van der Waals surface area contributed by atoms with Crippen molar-refractivity contribution < 1.29 is 4.79 Å². The second-order valence-electron chi connectivity index (χ2n) is 4.58. The molecular formula is C9H20N2O. The maximum absolute atomic E-state index is 11.1. The van der Waals surface area contributed by atoms with Gasteiger partial charge in [0.1, 0.15) is 0 Å². The van der Waals surface area contributed by atoms with Crippen LogP contribution in [0.1, 0.15) is 34.6 Å². The van der Waals surface area contributed by atoms with E-state index >= 15 is 0 Å². The Hall–Kier alpha value is -0.730. The van der Waals surface area contributed by atoms with Crippen molar-refractivity contribution >= 4 is 6.03 Å². The molecular weight excluding hydrogens is 152 g/mol. The van der Waals surface area contributed by atoms with Crippen molar-refractivity contribution in [2.75, 3.05) is 7.05 Å². The summed E-state index contributed by atoms with van der Waals surface area (Å²) in [7, 11) is 1.62. The largest absolute Gasteiger partial charge is 0.341 e. The van der Waals surface area contributed by atoms with Gasteiger partial charge >= 0.3 is 6.03 Å². The third kappa shape index (κ3) is 2.72. The fourth-order valence-electron chi connectivity index (χ4n) is 0.534. The monoisotopic (exact) mass is 172 g/mol. The lowest BCUT2D eigenvalue weighted by Gasteiger charge is -2.39. The minimum absolute atomic E-state index is 0.0551. The predicted octanol–water partition coefficient (Wildman–Crippen LogP) is 1.74. The van der Waals surface area contributed by atoms with Gasteiger partial charge in [-0.25, -0.2) is 4.79 Å². The van der Waals surface area contributed by atoms with Crippen molar-refractivity contribution in [3.05, 3.63) is 0 Å². The molecule has 0 aliphatic carbocycles. The normalized spacial score (nSPS) is 12.5. The Bertz CT molecular complexity index is 168. The molecule has 3 nitrogen and oxygen atoms in total. The molecule has 0 bridgehead atoms. The van der Waals surface area contributed by atoms with E-state index < -0.39 is 0 Å². The van der Waals surface area contributed by atoms with Crippen molar-refractivity contribution in [2.24, 2.45) is 5.41 Å². The van der Waals surface area contributed by atoms with Crippen molar-refractivity contribution in [1.29, 1.82) is 0 Å². The van der Waals surface area contributed by atoms with Crippen LogP contribution in [0.4, 0.5) is 4.79 Å². The zero-order valence-electron chi connectivity index (χ0n) is 8.91. The van der Waals surface area contributed by atoms with E-state index in [0.717, 1.165) is 0 Å². The highest BCUT2D eigenvalue weighted by Crippen LogP contribution is 2.28. The van der Waals surface area contributed by atoms with E-state index in [0.29, 0.717) is 0 Å². The Balaban J connectivity index is 4.33. The number of carbonyl (C=O) groups excluding carboxylic acids is 1. The Morgan fingerprint density at radius 1 is 1.08 bits per heavy atom. The Labute approximate surface area is 74.9 Å². The summed E-state index contributed by atoms with van der Waals surface area (Å²) in [5, 5.41) is 5.44. The van der Waals surface area contributed by atoms with E-state index in [-0.39, 0.29) is 17.0 Å². The highest BCUT2D eigenvalue weighted by molar-refractivity contribution is 5.74. The zero-order chi connectivity index (χ0) is 9.99. The third-order valence-electron chi connectivity index (χ3n) is 2.53. The third-order valence-corrected chi connectivity index (χ3v) is 2.53. The van der Waals surface area contributed by atoms with Gasteiger partial charge in [-0.05, 0) is 19.3 Å². The van der Waals surface area contributed by atoms with Gasteiger partial charge in [-0.2, -0.15) is 0 Å². The van der Waals surface area contributed by atoms with Gasteiger partial charge in [0, 0.05) is 12.6 Å². The van der Waals surface area contributed by atoms with E-state index in [1.54, 1.807) is 7.05 Å². The molecule has 72 valence electrons. The molecule has 2 amide bonds. The first-order chi connectivity index (χ1) is 5.20. The van der Waals surface area contributed by atoms with Crippen LogP contribution in [0.25, 0.3) is 0 Å². The van der Waals surface area contributed by atoms with Gasteiger partial charge in [-0.3, -0.25) is 0 Å². The lowest BCUT2D eigenvalue weighted by molar-refractivity contribution is 0.173. The van der Waals surface area contributed by atoms with Crippen molar-refractivity contribution in [3.63, 3.8) is 0 Å². The smallest absolute Gasteiger partial charge is 0.314 e. The van der Waals surface area contributed by atoms with Gasteiger partial charge in [-0.15, -0.1) is 0 Å². The maximum Gasteiger partial charge on any atom is 0.314 e. The van der Waals surface area contributed by atoms with Crippen LogP contribution in [0.3, 0.4) is 0 Å². The van der Waals surface area contributed by atoms with Gasteiger partial charge < -0.3 is 10.6 Å². The standard InChI is InChI=1S/C9H20N2O/c1-8(2,3)9(4,5)11-7(12)10-6/h1-6H3,(H2,10,11,12). The summed E-state index contributed by atoms with van der Waals surface area (Å²) < 4.78 is 0. The SMILES string of the molecule is CNC(=O)NC(C)(C)C(C)(C)C. The summed E-state index contributed by atoms with van der Waals surface area (Å²) in [4.78, 5) is 11.1. The number of hydrogen-bond acceptors (Lipinski definition) is 1. The van der Waals surface area contributed by atoms with E-state index in [2.05, 4.69) is 31.4 Å². The molecule has 0 saturated carbocycles. The molecule has 3 heteroatoms. The van der Waals surface area contributed by atoms with Crippen LogP contribution in [-0.4, -0.2) is 18.6 Å². The van der Waals surface area contributed by atoms with E-state index in [1.807, 2.05) is 13.8 Å². The molecule has 0 radical (unpaired) electrons. The number of nitrogens with one attached hydrogen (secondary N) is 2. The van der Waals surface area contributed by atoms with Gasteiger partial charge in [-0.1, -0.05) is 20.8 Å². The molecule has 0 aromatic heterocycles. The highest BCUT2D eigenvalue weighted by Gasteiger charge is 2.33. The van der Waals surface area contributed by atoms with Crippen LogP contribution in [-0.2, 0) is 0 Å².